The lowest BCUT2D eigenvalue weighted by Crippen LogP contribution is -2.37. The molecule has 25 heavy (non-hydrogen) atoms. The van der Waals surface area contributed by atoms with Crippen LogP contribution in [0.1, 0.15) is 23.1 Å². The number of benzene rings is 2. The molecule has 1 atom stereocenters. The molecule has 1 aliphatic carbocycles. The predicted octanol–water partition coefficient (Wildman–Crippen LogP) is 3.85. The van der Waals surface area contributed by atoms with Gasteiger partial charge in [0.15, 0.2) is 0 Å². The fourth-order valence-electron chi connectivity index (χ4n) is 3.48. The molecule has 0 bridgehead atoms. The third-order valence-corrected chi connectivity index (χ3v) is 4.98. The van der Waals surface area contributed by atoms with E-state index in [1.807, 2.05) is 42.5 Å². The fourth-order valence-corrected chi connectivity index (χ4v) is 3.60. The Labute approximate surface area is 151 Å². The average Bonchev–Trinajstić information content (AvgIpc) is 3.12. The van der Waals surface area contributed by atoms with E-state index in [2.05, 4.69) is 22.2 Å². The molecule has 1 N–H and O–H groups in total. The summed E-state index contributed by atoms with van der Waals surface area (Å²) in [5, 5.41) is 16.6. The van der Waals surface area contributed by atoms with Crippen LogP contribution in [-0.4, -0.2) is 19.9 Å². The summed E-state index contributed by atoms with van der Waals surface area (Å²) in [6.07, 6.45) is 6.89. The number of fused-ring (bicyclic) bond motifs is 1. The third kappa shape index (κ3) is 3.11. The minimum atomic E-state index is -1.11. The van der Waals surface area contributed by atoms with Crippen molar-refractivity contribution >= 4 is 17.7 Å². The minimum absolute atomic E-state index is 0.337. The first-order valence-electron chi connectivity index (χ1n) is 8.25. The summed E-state index contributed by atoms with van der Waals surface area (Å²) in [7, 11) is 0. The van der Waals surface area contributed by atoms with Gasteiger partial charge in [0.1, 0.15) is 18.3 Å². The fraction of sp³-hybridized carbons (Fsp3) is 0.200. The van der Waals surface area contributed by atoms with Crippen molar-refractivity contribution in [2.24, 2.45) is 0 Å². The zero-order valence-electron chi connectivity index (χ0n) is 13.6. The molecular weight excluding hydrogens is 334 g/mol. The Morgan fingerprint density at radius 1 is 1.12 bits per heavy atom. The van der Waals surface area contributed by atoms with Crippen molar-refractivity contribution in [2.75, 3.05) is 0 Å². The van der Waals surface area contributed by atoms with Gasteiger partial charge in [0, 0.05) is 5.02 Å². The molecule has 0 radical (unpaired) electrons. The van der Waals surface area contributed by atoms with Crippen molar-refractivity contribution in [2.45, 2.75) is 25.0 Å². The monoisotopic (exact) mass is 351 g/mol. The van der Waals surface area contributed by atoms with Gasteiger partial charge in [-0.25, -0.2) is 9.67 Å². The maximum Gasteiger partial charge on any atom is 0.137 e. The predicted molar refractivity (Wildman–Crippen MR) is 98.1 cm³/mol. The van der Waals surface area contributed by atoms with Gasteiger partial charge in [-0.2, -0.15) is 5.10 Å². The van der Waals surface area contributed by atoms with E-state index in [-0.39, 0.29) is 0 Å². The first-order chi connectivity index (χ1) is 12.1. The van der Waals surface area contributed by atoms with E-state index in [1.54, 1.807) is 11.0 Å². The molecule has 0 spiro atoms. The zero-order valence-corrected chi connectivity index (χ0v) is 14.4. The minimum Gasteiger partial charge on any atom is -0.379 e. The Balaban J connectivity index is 1.81. The van der Waals surface area contributed by atoms with E-state index in [0.29, 0.717) is 11.6 Å². The van der Waals surface area contributed by atoms with Crippen LogP contribution in [-0.2, 0) is 18.6 Å². The average molecular weight is 352 g/mol. The van der Waals surface area contributed by atoms with Gasteiger partial charge in [0.05, 0.1) is 6.54 Å². The molecule has 126 valence electrons. The topological polar surface area (TPSA) is 50.9 Å². The van der Waals surface area contributed by atoms with E-state index in [1.165, 1.54) is 11.9 Å². The summed E-state index contributed by atoms with van der Waals surface area (Å²) in [4.78, 5) is 4.00. The van der Waals surface area contributed by atoms with E-state index in [9.17, 15) is 5.11 Å². The highest BCUT2D eigenvalue weighted by molar-refractivity contribution is 6.30. The molecule has 5 heteroatoms. The second-order valence-electron chi connectivity index (χ2n) is 6.33. The molecule has 4 rings (SSSR count). The molecule has 1 unspecified atom stereocenters. The molecular formula is C20H18ClN3O. The van der Waals surface area contributed by atoms with Gasteiger partial charge in [-0.3, -0.25) is 0 Å². The van der Waals surface area contributed by atoms with Gasteiger partial charge >= 0.3 is 0 Å². The van der Waals surface area contributed by atoms with Gasteiger partial charge in [0.2, 0.25) is 0 Å². The maximum absolute atomic E-state index is 11.7. The van der Waals surface area contributed by atoms with Crippen LogP contribution in [0.15, 0.2) is 66.8 Å². The number of aliphatic hydroxyl groups is 1. The molecule has 4 nitrogen and oxygen atoms in total. The zero-order chi connectivity index (χ0) is 17.3. The van der Waals surface area contributed by atoms with Gasteiger partial charge in [0.25, 0.3) is 0 Å². The molecule has 0 fully saturated rings. The van der Waals surface area contributed by atoms with Crippen LogP contribution < -0.4 is 0 Å². The summed E-state index contributed by atoms with van der Waals surface area (Å²) in [6, 6.07) is 15.7. The van der Waals surface area contributed by atoms with Crippen LogP contribution in [0.4, 0.5) is 0 Å². The summed E-state index contributed by atoms with van der Waals surface area (Å²) >= 11 is 5.98. The van der Waals surface area contributed by atoms with Gasteiger partial charge in [-0.05, 0) is 47.2 Å². The lowest BCUT2D eigenvalue weighted by molar-refractivity contribution is 0.0456. The number of nitrogens with zero attached hydrogens (tertiary/aromatic N) is 3. The molecule has 1 aromatic heterocycles. The van der Waals surface area contributed by atoms with Crippen molar-refractivity contribution < 1.29 is 5.11 Å². The highest BCUT2D eigenvalue weighted by Crippen LogP contribution is 2.41. The van der Waals surface area contributed by atoms with Gasteiger partial charge in [-0.1, -0.05) is 54.1 Å². The van der Waals surface area contributed by atoms with E-state index < -0.39 is 5.60 Å². The molecule has 0 saturated heterocycles. The highest BCUT2D eigenvalue weighted by Gasteiger charge is 2.39. The van der Waals surface area contributed by atoms with Crippen molar-refractivity contribution in [1.82, 2.24) is 14.8 Å². The van der Waals surface area contributed by atoms with Crippen molar-refractivity contribution in [3.8, 4) is 0 Å². The van der Waals surface area contributed by atoms with Crippen molar-refractivity contribution in [1.29, 1.82) is 0 Å². The quantitative estimate of drug-likeness (QED) is 0.779. The molecule has 0 aliphatic heterocycles. The number of halogens is 1. The molecule has 1 aliphatic rings. The molecule has 3 aromatic rings. The normalized spacial score (nSPS) is 21.3. The number of hydrogen-bond donors (Lipinski definition) is 1. The van der Waals surface area contributed by atoms with Crippen LogP contribution >= 0.6 is 11.6 Å². The first-order valence-corrected chi connectivity index (χ1v) is 8.63. The smallest absolute Gasteiger partial charge is 0.137 e. The lowest BCUT2D eigenvalue weighted by Gasteiger charge is -2.37. The number of hydrogen-bond acceptors (Lipinski definition) is 3. The maximum atomic E-state index is 11.7. The van der Waals surface area contributed by atoms with Gasteiger partial charge in [-0.15, -0.1) is 0 Å². The van der Waals surface area contributed by atoms with E-state index in [4.69, 9.17) is 11.6 Å². The number of rotatable bonds is 3. The van der Waals surface area contributed by atoms with Gasteiger partial charge < -0.3 is 5.11 Å². The standard InChI is InChI=1S/C20H18ClN3O/c21-18-9-5-15(6-10-18)11-17-8-7-16-3-1-2-4-19(16)20(17,25)12-24-14-22-13-23-24/h1-6,9-11,13-14,25H,7-8,12H2/b17-11+. The summed E-state index contributed by atoms with van der Waals surface area (Å²) in [6.45, 7) is 0.337. The summed E-state index contributed by atoms with van der Waals surface area (Å²) in [5.41, 5.74) is 3.01. The van der Waals surface area contributed by atoms with E-state index in [0.717, 1.165) is 29.5 Å². The highest BCUT2D eigenvalue weighted by atomic mass is 35.5. The van der Waals surface area contributed by atoms with E-state index >= 15 is 0 Å². The molecule has 1 heterocycles. The molecule has 2 aromatic carbocycles. The lowest BCUT2D eigenvalue weighted by atomic mass is 9.74. The molecule has 0 saturated carbocycles. The van der Waals surface area contributed by atoms with Crippen molar-refractivity contribution in [3.05, 3.63) is 88.5 Å². The second-order valence-corrected chi connectivity index (χ2v) is 6.77. The SMILES string of the molecule is OC1(Cn2cncn2)/C(=C/c2ccc(Cl)cc2)CCc2ccccc21. The number of aryl methyl sites for hydroxylation is 1. The van der Waals surface area contributed by atoms with Crippen LogP contribution in [0.5, 0.6) is 0 Å². The van der Waals surface area contributed by atoms with Crippen molar-refractivity contribution in [3.63, 3.8) is 0 Å². The Hall–Kier alpha value is -2.43. The van der Waals surface area contributed by atoms with Crippen LogP contribution in [0.3, 0.4) is 0 Å². The Bertz CT molecular complexity index is 903. The number of aromatic nitrogens is 3. The molecule has 0 amide bonds. The summed E-state index contributed by atoms with van der Waals surface area (Å²) in [5.74, 6) is 0. The largest absolute Gasteiger partial charge is 0.379 e. The van der Waals surface area contributed by atoms with Crippen LogP contribution in [0, 0.1) is 0 Å². The Morgan fingerprint density at radius 3 is 2.68 bits per heavy atom. The second kappa shape index (κ2) is 6.47. The Morgan fingerprint density at radius 2 is 1.92 bits per heavy atom. The Kier molecular flexibility index (Phi) is 4.15. The summed E-state index contributed by atoms with van der Waals surface area (Å²) < 4.78 is 1.68. The van der Waals surface area contributed by atoms with Crippen LogP contribution in [0.2, 0.25) is 5.02 Å². The first kappa shape index (κ1) is 16.1. The van der Waals surface area contributed by atoms with Crippen LogP contribution in [0.25, 0.3) is 6.08 Å². The third-order valence-electron chi connectivity index (χ3n) is 4.73.